The zero-order valence-electron chi connectivity index (χ0n) is 31.6. The molecule has 0 aliphatic carbocycles. The number of carbonyl (C=O) groups is 6. The topological polar surface area (TPSA) is 176 Å². The van der Waals surface area contributed by atoms with Gasteiger partial charge < -0.3 is 43.5 Å². The lowest BCUT2D eigenvalue weighted by molar-refractivity contribution is -0.152. The van der Waals surface area contributed by atoms with Crippen LogP contribution in [-0.4, -0.2) is 115 Å². The van der Waals surface area contributed by atoms with E-state index < -0.39 is 35.5 Å². The van der Waals surface area contributed by atoms with Crippen molar-refractivity contribution in [1.29, 1.82) is 0 Å². The van der Waals surface area contributed by atoms with Crippen LogP contribution < -0.4 is 14.8 Å². The summed E-state index contributed by atoms with van der Waals surface area (Å²) in [5.41, 5.74) is 0.173. The molecule has 0 spiro atoms. The third-order valence-corrected chi connectivity index (χ3v) is 8.61. The monoisotopic (exact) mass is 753 g/mol. The van der Waals surface area contributed by atoms with Crippen molar-refractivity contribution in [2.24, 2.45) is 0 Å². The first-order valence-corrected chi connectivity index (χ1v) is 18.2. The summed E-state index contributed by atoms with van der Waals surface area (Å²) in [5.74, 6) is -2.18. The van der Waals surface area contributed by atoms with Crippen molar-refractivity contribution in [3.63, 3.8) is 0 Å². The zero-order chi connectivity index (χ0) is 39.3. The van der Waals surface area contributed by atoms with Gasteiger partial charge in [-0.15, -0.1) is 0 Å². The molecule has 0 saturated carbocycles. The first-order valence-electron chi connectivity index (χ1n) is 18.2. The minimum absolute atomic E-state index is 0.0774. The maximum absolute atomic E-state index is 13.9. The van der Waals surface area contributed by atoms with E-state index in [4.69, 9.17) is 28.4 Å². The van der Waals surface area contributed by atoms with Crippen LogP contribution in [0, 0.1) is 0 Å². The van der Waals surface area contributed by atoms with Gasteiger partial charge in [0.15, 0.2) is 0 Å². The molecule has 2 heterocycles. The van der Waals surface area contributed by atoms with Crippen molar-refractivity contribution in [2.75, 3.05) is 46.0 Å². The van der Waals surface area contributed by atoms with Gasteiger partial charge in [-0.1, -0.05) is 24.3 Å². The van der Waals surface area contributed by atoms with Crippen LogP contribution in [-0.2, 0) is 44.5 Å². The van der Waals surface area contributed by atoms with E-state index in [1.807, 2.05) is 20.8 Å². The summed E-state index contributed by atoms with van der Waals surface area (Å²) >= 11 is 0. The molecule has 294 valence electrons. The highest BCUT2D eigenvalue weighted by Gasteiger charge is 2.32. The Morgan fingerprint density at radius 1 is 0.796 bits per heavy atom. The summed E-state index contributed by atoms with van der Waals surface area (Å²) < 4.78 is 32.6. The molecule has 1 N–H and O–H groups in total. The summed E-state index contributed by atoms with van der Waals surface area (Å²) in [6.07, 6.45) is 1.40. The summed E-state index contributed by atoms with van der Waals surface area (Å²) in [7, 11) is 0. The van der Waals surface area contributed by atoms with Gasteiger partial charge in [0.05, 0.1) is 18.8 Å². The first kappa shape index (κ1) is 41.7. The molecule has 0 bridgehead atoms. The van der Waals surface area contributed by atoms with Crippen LogP contribution in [0.2, 0.25) is 0 Å². The number of hydrogen-bond donors (Lipinski definition) is 1. The molecule has 3 amide bonds. The molecule has 1 atom stereocenters. The molecule has 0 aromatic heterocycles. The maximum atomic E-state index is 13.9. The third kappa shape index (κ3) is 13.4. The second-order valence-electron chi connectivity index (χ2n) is 14.1. The summed E-state index contributed by atoms with van der Waals surface area (Å²) in [5, 5.41) is 2.85. The molecule has 2 aromatic rings. The van der Waals surface area contributed by atoms with Crippen molar-refractivity contribution in [3.8, 4) is 11.5 Å². The summed E-state index contributed by atoms with van der Waals surface area (Å²) in [4.78, 5) is 78.9. The Morgan fingerprint density at radius 3 is 1.98 bits per heavy atom. The van der Waals surface area contributed by atoms with E-state index in [0.29, 0.717) is 57.4 Å². The minimum Gasteiger partial charge on any atom is -0.464 e. The van der Waals surface area contributed by atoms with Crippen LogP contribution in [0.15, 0.2) is 48.5 Å². The second-order valence-corrected chi connectivity index (χ2v) is 14.1. The molecule has 0 radical (unpaired) electrons. The average Bonchev–Trinajstić information content (AvgIpc) is 3.13. The molecule has 2 aliphatic rings. The first-order chi connectivity index (χ1) is 25.7. The molecule has 15 nitrogen and oxygen atoms in total. The van der Waals surface area contributed by atoms with Gasteiger partial charge in [0.2, 0.25) is 11.8 Å². The molecular weight excluding hydrogens is 702 g/mol. The number of nitrogens with one attached hydrogen (secondary N) is 1. The quantitative estimate of drug-likeness (QED) is 0.218. The van der Waals surface area contributed by atoms with Gasteiger partial charge in [-0.25, -0.2) is 14.4 Å². The van der Waals surface area contributed by atoms with Crippen molar-refractivity contribution in [3.05, 3.63) is 59.7 Å². The van der Waals surface area contributed by atoms with E-state index in [1.54, 1.807) is 53.1 Å². The number of amides is 3. The van der Waals surface area contributed by atoms with Crippen LogP contribution in [0.3, 0.4) is 0 Å². The largest absolute Gasteiger partial charge is 0.464 e. The lowest BCUT2D eigenvalue weighted by Crippen LogP contribution is -2.53. The van der Waals surface area contributed by atoms with Gasteiger partial charge in [-0.3, -0.25) is 14.4 Å². The van der Waals surface area contributed by atoms with Crippen LogP contribution >= 0.6 is 0 Å². The number of esters is 3. The summed E-state index contributed by atoms with van der Waals surface area (Å²) in [6, 6.07) is 11.8. The number of likely N-dealkylation sites (tertiary alicyclic amines) is 2. The number of carbonyl (C=O) groups excluding carboxylic acids is 6. The van der Waals surface area contributed by atoms with Gasteiger partial charge in [-0.05, 0) is 83.2 Å². The standard InChI is InChI=1S/C39H51N3O12/c1-6-49-35(45)25-51-29-15-19-41(20-16-29)36(46)32(40-34(44)24-50-28-17-21-42(22-18-28)38(48)54-39(3,4)5)23-27-11-13-30(14-12-27)53-37(47)31-9-7-8-10-33(31)52-26(2)43/h7-14,28-29,32H,6,15-25H2,1-5H3,(H,40,44)/t32-/m0/s1. The number of hydrogen-bond acceptors (Lipinski definition) is 12. The number of nitrogens with zero attached hydrogens (tertiary/aromatic N) is 2. The van der Waals surface area contributed by atoms with E-state index >= 15 is 0 Å². The Bertz CT molecular complexity index is 1610. The molecule has 15 heteroatoms. The van der Waals surface area contributed by atoms with Gasteiger partial charge in [0, 0.05) is 39.5 Å². The highest BCUT2D eigenvalue weighted by Crippen LogP contribution is 2.23. The van der Waals surface area contributed by atoms with Crippen LogP contribution in [0.5, 0.6) is 11.5 Å². The van der Waals surface area contributed by atoms with E-state index in [1.165, 1.54) is 19.1 Å². The highest BCUT2D eigenvalue weighted by atomic mass is 16.6. The Labute approximate surface area is 315 Å². The highest BCUT2D eigenvalue weighted by molar-refractivity contribution is 5.94. The predicted octanol–water partition coefficient (Wildman–Crippen LogP) is 3.85. The van der Waals surface area contributed by atoms with Crippen LogP contribution in [0.25, 0.3) is 0 Å². The minimum atomic E-state index is -0.934. The SMILES string of the molecule is CCOC(=O)COC1CCN(C(=O)[C@H](Cc2ccc(OC(=O)c3ccccc3OC(C)=O)cc2)NC(=O)COC2CCN(C(=O)OC(C)(C)C)CC2)CC1. The lowest BCUT2D eigenvalue weighted by atomic mass is 10.0. The van der Waals surface area contributed by atoms with Gasteiger partial charge in [-0.2, -0.15) is 0 Å². The molecule has 2 aliphatic heterocycles. The maximum Gasteiger partial charge on any atom is 0.410 e. The molecule has 54 heavy (non-hydrogen) atoms. The zero-order valence-corrected chi connectivity index (χ0v) is 31.6. The van der Waals surface area contributed by atoms with Gasteiger partial charge in [0.1, 0.15) is 41.9 Å². The molecule has 4 rings (SSSR count). The fourth-order valence-electron chi connectivity index (χ4n) is 5.98. The Hall–Kier alpha value is -5.02. The molecule has 0 unspecified atom stereocenters. The lowest BCUT2D eigenvalue weighted by Gasteiger charge is -2.34. The normalized spacial score (nSPS) is 15.9. The Morgan fingerprint density at radius 2 is 1.39 bits per heavy atom. The van der Waals surface area contributed by atoms with Crippen molar-refractivity contribution in [2.45, 2.75) is 90.6 Å². The third-order valence-electron chi connectivity index (χ3n) is 8.61. The Kier molecular flexibility index (Phi) is 15.4. The number of benzene rings is 2. The second kappa shape index (κ2) is 19.9. The fraction of sp³-hybridized carbons (Fsp3) is 0.538. The van der Waals surface area contributed by atoms with Crippen molar-refractivity contribution in [1.82, 2.24) is 15.1 Å². The number of ether oxygens (including phenoxy) is 6. The predicted molar refractivity (Wildman–Crippen MR) is 194 cm³/mol. The van der Waals surface area contributed by atoms with Crippen molar-refractivity contribution < 1.29 is 57.2 Å². The molecule has 2 saturated heterocycles. The van der Waals surface area contributed by atoms with E-state index in [9.17, 15) is 28.8 Å². The van der Waals surface area contributed by atoms with Crippen LogP contribution in [0.1, 0.15) is 76.2 Å². The summed E-state index contributed by atoms with van der Waals surface area (Å²) in [6.45, 7) is 9.84. The van der Waals surface area contributed by atoms with E-state index in [-0.39, 0.29) is 67.5 Å². The van der Waals surface area contributed by atoms with Gasteiger partial charge in [0.25, 0.3) is 0 Å². The number of rotatable bonds is 14. The average molecular weight is 754 g/mol. The molecule has 2 aromatic carbocycles. The van der Waals surface area contributed by atoms with E-state index in [0.717, 1.165) is 0 Å². The Balaban J connectivity index is 1.37. The number of para-hydroxylation sites is 1. The van der Waals surface area contributed by atoms with Crippen LogP contribution in [0.4, 0.5) is 4.79 Å². The molecular formula is C39H51N3O12. The van der Waals surface area contributed by atoms with Crippen molar-refractivity contribution >= 4 is 35.8 Å². The smallest absolute Gasteiger partial charge is 0.410 e. The van der Waals surface area contributed by atoms with Gasteiger partial charge >= 0.3 is 24.0 Å². The number of piperidine rings is 2. The molecule has 2 fully saturated rings. The fourth-order valence-corrected chi connectivity index (χ4v) is 5.98. The van der Waals surface area contributed by atoms with E-state index in [2.05, 4.69) is 5.32 Å².